The summed E-state index contributed by atoms with van der Waals surface area (Å²) in [6.45, 7) is 2.30. The molecule has 0 atom stereocenters. The topological polar surface area (TPSA) is 69.9 Å². The summed E-state index contributed by atoms with van der Waals surface area (Å²) < 4.78 is 4.12. The van der Waals surface area contributed by atoms with E-state index in [-0.39, 0.29) is 12.0 Å². The van der Waals surface area contributed by atoms with Crippen molar-refractivity contribution in [2.24, 2.45) is 0 Å². The van der Waals surface area contributed by atoms with E-state index >= 15 is 0 Å². The highest BCUT2D eigenvalue weighted by molar-refractivity contribution is 7.97. The van der Waals surface area contributed by atoms with E-state index in [9.17, 15) is 9.90 Å². The molecule has 1 amide bonds. The van der Waals surface area contributed by atoms with Crippen molar-refractivity contribution in [1.82, 2.24) is 19.0 Å². The molecule has 140 valence electrons. The molecule has 4 rings (SSSR count). The predicted octanol–water partition coefficient (Wildman–Crippen LogP) is 2.73. The Kier molecular flexibility index (Phi) is 5.42. The highest BCUT2D eigenvalue weighted by Crippen LogP contribution is 2.26. The van der Waals surface area contributed by atoms with E-state index in [1.165, 1.54) is 4.90 Å². The van der Waals surface area contributed by atoms with Gasteiger partial charge in [-0.25, -0.2) is 9.29 Å². The van der Waals surface area contributed by atoms with Gasteiger partial charge in [0.05, 0.1) is 11.7 Å². The second-order valence-electron chi connectivity index (χ2n) is 6.69. The number of benzene rings is 1. The Balaban J connectivity index is 1.31. The molecule has 2 N–H and O–H groups in total. The van der Waals surface area contributed by atoms with E-state index in [1.54, 1.807) is 30.4 Å². The molecular formula is C20H22N4O2S. The molecule has 1 aromatic carbocycles. The van der Waals surface area contributed by atoms with Crippen LogP contribution in [0.5, 0.6) is 0 Å². The van der Waals surface area contributed by atoms with Gasteiger partial charge in [0.15, 0.2) is 0 Å². The lowest BCUT2D eigenvalue weighted by Gasteiger charge is -2.28. The summed E-state index contributed by atoms with van der Waals surface area (Å²) in [5.41, 5.74) is 2.49. The zero-order valence-electron chi connectivity index (χ0n) is 14.9. The van der Waals surface area contributed by atoms with E-state index < -0.39 is 0 Å². The van der Waals surface area contributed by atoms with Gasteiger partial charge < -0.3 is 14.8 Å². The SMILES string of the molecule is O=C(NCc1ccc(SN2CCC(O)CC2)cc1)c1ccc2nccn2c1. The molecule has 0 radical (unpaired) electrons. The van der Waals surface area contributed by atoms with Gasteiger partial charge in [-0.05, 0) is 54.6 Å². The third-order valence-electron chi connectivity index (χ3n) is 4.69. The summed E-state index contributed by atoms with van der Waals surface area (Å²) in [6, 6.07) is 11.9. The number of amides is 1. The highest BCUT2D eigenvalue weighted by atomic mass is 32.2. The molecule has 0 unspecified atom stereocenters. The molecule has 0 aliphatic carbocycles. The fourth-order valence-corrected chi connectivity index (χ4v) is 4.04. The highest BCUT2D eigenvalue weighted by Gasteiger charge is 2.17. The molecule has 1 saturated heterocycles. The van der Waals surface area contributed by atoms with Crippen molar-refractivity contribution in [3.05, 3.63) is 66.1 Å². The first-order chi connectivity index (χ1) is 13.2. The molecule has 1 aliphatic rings. The van der Waals surface area contributed by atoms with Crippen LogP contribution in [0.15, 0.2) is 59.9 Å². The predicted molar refractivity (Wildman–Crippen MR) is 105 cm³/mol. The number of rotatable bonds is 5. The Morgan fingerprint density at radius 1 is 1.19 bits per heavy atom. The largest absolute Gasteiger partial charge is 0.393 e. The van der Waals surface area contributed by atoms with Crippen molar-refractivity contribution in [2.75, 3.05) is 13.1 Å². The summed E-state index contributed by atoms with van der Waals surface area (Å²) in [5.74, 6) is -0.101. The van der Waals surface area contributed by atoms with Crippen LogP contribution in [0.25, 0.3) is 5.65 Å². The third-order valence-corrected chi connectivity index (χ3v) is 5.79. The van der Waals surface area contributed by atoms with Crippen molar-refractivity contribution in [3.63, 3.8) is 0 Å². The molecule has 0 bridgehead atoms. The van der Waals surface area contributed by atoms with E-state index in [0.29, 0.717) is 12.1 Å². The van der Waals surface area contributed by atoms with Crippen LogP contribution >= 0.6 is 11.9 Å². The van der Waals surface area contributed by atoms with Crippen LogP contribution in [0.2, 0.25) is 0 Å². The van der Waals surface area contributed by atoms with Gasteiger partial charge in [0.2, 0.25) is 0 Å². The maximum absolute atomic E-state index is 12.4. The van der Waals surface area contributed by atoms with Gasteiger partial charge in [-0.1, -0.05) is 12.1 Å². The van der Waals surface area contributed by atoms with Crippen molar-refractivity contribution >= 4 is 23.5 Å². The molecule has 3 aromatic rings. The second kappa shape index (κ2) is 8.12. The molecule has 27 heavy (non-hydrogen) atoms. The Hall–Kier alpha value is -2.35. The lowest BCUT2D eigenvalue weighted by atomic mass is 10.1. The Morgan fingerprint density at radius 3 is 2.74 bits per heavy atom. The minimum absolute atomic E-state index is 0.101. The molecule has 6 nitrogen and oxygen atoms in total. The zero-order valence-corrected chi connectivity index (χ0v) is 15.7. The summed E-state index contributed by atoms with van der Waals surface area (Å²) in [5, 5.41) is 12.5. The van der Waals surface area contributed by atoms with Crippen LogP contribution in [-0.4, -0.2) is 43.9 Å². The Morgan fingerprint density at radius 2 is 1.96 bits per heavy atom. The van der Waals surface area contributed by atoms with E-state index in [4.69, 9.17) is 0 Å². The molecule has 1 aliphatic heterocycles. The van der Waals surface area contributed by atoms with E-state index in [1.807, 2.05) is 28.8 Å². The number of fused-ring (bicyclic) bond motifs is 1. The number of hydrogen-bond donors (Lipinski definition) is 2. The number of aliphatic hydroxyl groups is 1. The van der Waals surface area contributed by atoms with Crippen LogP contribution < -0.4 is 5.32 Å². The van der Waals surface area contributed by atoms with E-state index in [0.717, 1.165) is 37.1 Å². The first kappa shape index (κ1) is 18.0. The zero-order chi connectivity index (χ0) is 18.6. The standard InChI is InChI=1S/C20H22N4O2S/c25-17-7-10-24(11-8-17)27-18-4-1-15(2-5-18)13-22-20(26)16-3-6-19-21-9-12-23(19)14-16/h1-6,9,12,14,17,25H,7-8,10-11,13H2,(H,22,26). The number of pyridine rings is 1. The number of nitrogens with zero attached hydrogens (tertiary/aromatic N) is 3. The Bertz CT molecular complexity index is 917. The number of aliphatic hydroxyl groups excluding tert-OH is 1. The van der Waals surface area contributed by atoms with Gasteiger partial charge in [-0.15, -0.1) is 0 Å². The van der Waals surface area contributed by atoms with Gasteiger partial charge in [0.25, 0.3) is 5.91 Å². The molecule has 0 spiro atoms. The van der Waals surface area contributed by atoms with Crippen molar-refractivity contribution in [2.45, 2.75) is 30.4 Å². The summed E-state index contributed by atoms with van der Waals surface area (Å²) in [7, 11) is 0. The van der Waals surface area contributed by atoms with Gasteiger partial charge >= 0.3 is 0 Å². The third kappa shape index (κ3) is 4.50. The van der Waals surface area contributed by atoms with Crippen molar-refractivity contribution in [1.29, 1.82) is 0 Å². The number of aromatic nitrogens is 2. The maximum Gasteiger partial charge on any atom is 0.253 e. The number of carbonyl (C=O) groups excluding carboxylic acids is 1. The van der Waals surface area contributed by atoms with E-state index in [2.05, 4.69) is 26.7 Å². The lowest BCUT2D eigenvalue weighted by molar-refractivity contribution is 0.0950. The summed E-state index contributed by atoms with van der Waals surface area (Å²) in [6.07, 6.45) is 6.84. The van der Waals surface area contributed by atoms with Gasteiger partial charge in [0, 0.05) is 43.1 Å². The minimum Gasteiger partial charge on any atom is -0.393 e. The molecule has 1 fully saturated rings. The van der Waals surface area contributed by atoms with Gasteiger partial charge in [-0.2, -0.15) is 0 Å². The van der Waals surface area contributed by atoms with Crippen LogP contribution in [0.1, 0.15) is 28.8 Å². The molecule has 7 heteroatoms. The van der Waals surface area contributed by atoms with Crippen LogP contribution in [0, 0.1) is 0 Å². The molecule has 2 aromatic heterocycles. The Labute approximate surface area is 162 Å². The maximum atomic E-state index is 12.4. The summed E-state index contributed by atoms with van der Waals surface area (Å²) in [4.78, 5) is 17.7. The van der Waals surface area contributed by atoms with Crippen molar-refractivity contribution in [3.8, 4) is 0 Å². The van der Waals surface area contributed by atoms with Gasteiger partial charge in [0.1, 0.15) is 5.65 Å². The average Bonchev–Trinajstić information content (AvgIpc) is 3.17. The smallest absolute Gasteiger partial charge is 0.253 e. The quantitative estimate of drug-likeness (QED) is 0.664. The number of hydrogen-bond acceptors (Lipinski definition) is 5. The number of imidazole rings is 1. The number of piperidine rings is 1. The lowest BCUT2D eigenvalue weighted by Crippen LogP contribution is -2.30. The molecule has 3 heterocycles. The fourth-order valence-electron chi connectivity index (χ4n) is 3.09. The molecular weight excluding hydrogens is 360 g/mol. The first-order valence-electron chi connectivity index (χ1n) is 9.08. The van der Waals surface area contributed by atoms with Crippen LogP contribution in [0.3, 0.4) is 0 Å². The van der Waals surface area contributed by atoms with Crippen molar-refractivity contribution < 1.29 is 9.90 Å². The summed E-state index contributed by atoms with van der Waals surface area (Å²) >= 11 is 1.72. The normalized spacial score (nSPS) is 15.9. The molecule has 0 saturated carbocycles. The number of nitrogens with one attached hydrogen (secondary N) is 1. The van der Waals surface area contributed by atoms with Gasteiger partial charge in [-0.3, -0.25) is 4.79 Å². The van der Waals surface area contributed by atoms with Crippen LogP contribution in [-0.2, 0) is 6.54 Å². The first-order valence-corrected chi connectivity index (χ1v) is 9.85. The minimum atomic E-state index is -0.151. The number of carbonyl (C=O) groups is 1. The fraction of sp³-hybridized carbons (Fsp3) is 0.300. The monoisotopic (exact) mass is 382 g/mol. The average molecular weight is 382 g/mol. The van der Waals surface area contributed by atoms with Crippen LogP contribution in [0.4, 0.5) is 0 Å². The second-order valence-corrected chi connectivity index (χ2v) is 7.86.